The molecule has 1 amide bonds. The van der Waals surface area contributed by atoms with Gasteiger partial charge in [0.25, 0.3) is 5.91 Å². The minimum absolute atomic E-state index is 0.0773. The molecule has 0 aliphatic heterocycles. The fourth-order valence-electron chi connectivity index (χ4n) is 2.66. The molecule has 7 heteroatoms. The summed E-state index contributed by atoms with van der Waals surface area (Å²) in [6.07, 6.45) is -3.16. The SMILES string of the molecule is N#Cc1ccc(OCC(=O)N[C@@H]2CCC[C@H](C(F)(F)F)C2)cc1. The summed E-state index contributed by atoms with van der Waals surface area (Å²) in [5, 5.41) is 11.3. The third-order valence-corrected chi connectivity index (χ3v) is 3.86. The molecule has 1 aliphatic carbocycles. The van der Waals surface area contributed by atoms with Crippen LogP contribution in [-0.2, 0) is 4.79 Å². The average Bonchev–Trinajstić information content (AvgIpc) is 2.53. The summed E-state index contributed by atoms with van der Waals surface area (Å²) in [7, 11) is 0. The molecule has 0 aromatic heterocycles. The molecule has 0 bridgehead atoms. The van der Waals surface area contributed by atoms with E-state index in [0.29, 0.717) is 24.2 Å². The van der Waals surface area contributed by atoms with E-state index in [0.717, 1.165) is 0 Å². The number of hydrogen-bond donors (Lipinski definition) is 1. The third-order valence-electron chi connectivity index (χ3n) is 3.86. The van der Waals surface area contributed by atoms with Crippen molar-refractivity contribution in [1.29, 1.82) is 5.26 Å². The largest absolute Gasteiger partial charge is 0.484 e. The lowest BCUT2D eigenvalue weighted by atomic mass is 9.85. The van der Waals surface area contributed by atoms with E-state index in [1.807, 2.05) is 6.07 Å². The Morgan fingerprint density at radius 2 is 2.00 bits per heavy atom. The molecule has 0 unspecified atom stereocenters. The number of hydrogen-bond acceptors (Lipinski definition) is 3. The molecule has 2 atom stereocenters. The minimum atomic E-state index is -4.21. The van der Waals surface area contributed by atoms with Crippen molar-refractivity contribution < 1.29 is 22.7 Å². The normalized spacial score (nSPS) is 21.3. The quantitative estimate of drug-likeness (QED) is 0.924. The molecule has 1 N–H and O–H groups in total. The maximum atomic E-state index is 12.7. The first kappa shape index (κ1) is 17.1. The van der Waals surface area contributed by atoms with Crippen molar-refractivity contribution in [2.24, 2.45) is 5.92 Å². The van der Waals surface area contributed by atoms with E-state index in [9.17, 15) is 18.0 Å². The fraction of sp³-hybridized carbons (Fsp3) is 0.500. The predicted octanol–water partition coefficient (Wildman–Crippen LogP) is 3.17. The van der Waals surface area contributed by atoms with E-state index in [4.69, 9.17) is 10.00 Å². The fourth-order valence-corrected chi connectivity index (χ4v) is 2.66. The number of halogens is 3. The van der Waals surface area contributed by atoms with Gasteiger partial charge < -0.3 is 10.1 Å². The number of benzene rings is 1. The van der Waals surface area contributed by atoms with Crippen LogP contribution in [0, 0.1) is 17.2 Å². The minimum Gasteiger partial charge on any atom is -0.484 e. The van der Waals surface area contributed by atoms with Crippen LogP contribution in [0.5, 0.6) is 5.75 Å². The number of nitrogens with zero attached hydrogens (tertiary/aromatic N) is 1. The number of rotatable bonds is 4. The van der Waals surface area contributed by atoms with Crippen molar-refractivity contribution in [2.75, 3.05) is 6.61 Å². The van der Waals surface area contributed by atoms with Gasteiger partial charge in [0, 0.05) is 6.04 Å². The Morgan fingerprint density at radius 1 is 1.30 bits per heavy atom. The number of alkyl halides is 3. The smallest absolute Gasteiger partial charge is 0.391 e. The van der Waals surface area contributed by atoms with E-state index < -0.39 is 24.0 Å². The highest BCUT2D eigenvalue weighted by Crippen LogP contribution is 2.37. The maximum absolute atomic E-state index is 12.7. The zero-order valence-electron chi connectivity index (χ0n) is 12.4. The van der Waals surface area contributed by atoms with E-state index in [2.05, 4.69) is 5.32 Å². The average molecular weight is 326 g/mol. The van der Waals surface area contributed by atoms with Crippen LogP contribution in [0.2, 0.25) is 0 Å². The van der Waals surface area contributed by atoms with Gasteiger partial charge in [-0.3, -0.25) is 4.79 Å². The molecule has 124 valence electrons. The Bertz CT molecular complexity index is 578. The second-order valence-electron chi connectivity index (χ2n) is 5.59. The predicted molar refractivity (Wildman–Crippen MR) is 76.6 cm³/mol. The lowest BCUT2D eigenvalue weighted by molar-refractivity contribution is -0.184. The molecule has 0 heterocycles. The molecule has 0 saturated heterocycles. The van der Waals surface area contributed by atoms with Crippen molar-refractivity contribution in [3.63, 3.8) is 0 Å². The second kappa shape index (κ2) is 7.36. The first-order valence-corrected chi connectivity index (χ1v) is 7.37. The van der Waals surface area contributed by atoms with Crippen LogP contribution < -0.4 is 10.1 Å². The van der Waals surface area contributed by atoms with Crippen LogP contribution in [-0.4, -0.2) is 24.7 Å². The van der Waals surface area contributed by atoms with Gasteiger partial charge in [-0.05, 0) is 43.5 Å². The van der Waals surface area contributed by atoms with Crippen molar-refractivity contribution in [3.05, 3.63) is 29.8 Å². The Balaban J connectivity index is 1.79. The van der Waals surface area contributed by atoms with E-state index in [-0.39, 0.29) is 19.4 Å². The number of nitrogens with one attached hydrogen (secondary N) is 1. The molecule has 23 heavy (non-hydrogen) atoms. The number of ether oxygens (including phenoxy) is 1. The first-order chi connectivity index (χ1) is 10.9. The molecular formula is C16H17F3N2O2. The molecular weight excluding hydrogens is 309 g/mol. The van der Waals surface area contributed by atoms with Crippen LogP contribution in [0.25, 0.3) is 0 Å². The van der Waals surface area contributed by atoms with Crippen LogP contribution in [0.3, 0.4) is 0 Å². The number of nitriles is 1. The molecule has 1 aromatic carbocycles. The van der Waals surface area contributed by atoms with Crippen LogP contribution in [0.15, 0.2) is 24.3 Å². The molecule has 1 fully saturated rings. The molecule has 1 saturated carbocycles. The van der Waals surface area contributed by atoms with Gasteiger partial charge in [0.2, 0.25) is 0 Å². The zero-order chi connectivity index (χ0) is 16.9. The summed E-state index contributed by atoms with van der Waals surface area (Å²) in [4.78, 5) is 11.8. The van der Waals surface area contributed by atoms with E-state index in [1.54, 1.807) is 24.3 Å². The molecule has 0 spiro atoms. The van der Waals surface area contributed by atoms with Gasteiger partial charge in [-0.1, -0.05) is 6.42 Å². The van der Waals surface area contributed by atoms with Gasteiger partial charge in [0.05, 0.1) is 17.6 Å². The third kappa shape index (κ3) is 5.16. The molecule has 2 rings (SSSR count). The van der Waals surface area contributed by atoms with Gasteiger partial charge in [0.1, 0.15) is 5.75 Å². The van der Waals surface area contributed by atoms with Crippen LogP contribution >= 0.6 is 0 Å². The Labute approximate surface area is 132 Å². The monoisotopic (exact) mass is 326 g/mol. The number of carbonyl (C=O) groups excluding carboxylic acids is 1. The maximum Gasteiger partial charge on any atom is 0.391 e. The summed E-state index contributed by atoms with van der Waals surface area (Å²) in [5.74, 6) is -1.36. The Hall–Kier alpha value is -2.23. The van der Waals surface area contributed by atoms with Crippen LogP contribution in [0.4, 0.5) is 13.2 Å². The highest BCUT2D eigenvalue weighted by molar-refractivity contribution is 5.77. The van der Waals surface area contributed by atoms with E-state index >= 15 is 0 Å². The Kier molecular flexibility index (Phi) is 5.48. The highest BCUT2D eigenvalue weighted by atomic mass is 19.4. The highest BCUT2D eigenvalue weighted by Gasteiger charge is 2.42. The molecule has 1 aliphatic rings. The Morgan fingerprint density at radius 3 is 2.61 bits per heavy atom. The van der Waals surface area contributed by atoms with Crippen LogP contribution in [0.1, 0.15) is 31.2 Å². The summed E-state index contributed by atoms with van der Waals surface area (Å²) >= 11 is 0. The lowest BCUT2D eigenvalue weighted by Crippen LogP contribution is -2.43. The topological polar surface area (TPSA) is 62.1 Å². The van der Waals surface area contributed by atoms with Crippen molar-refractivity contribution in [2.45, 2.75) is 37.9 Å². The standard InChI is InChI=1S/C16H17F3N2O2/c17-16(18,19)12-2-1-3-13(8-12)21-15(22)10-23-14-6-4-11(9-20)5-7-14/h4-7,12-13H,1-3,8,10H2,(H,21,22)/t12-,13+/m0/s1. The second-order valence-corrected chi connectivity index (χ2v) is 5.59. The molecule has 4 nitrogen and oxygen atoms in total. The first-order valence-electron chi connectivity index (χ1n) is 7.37. The van der Waals surface area contributed by atoms with Crippen molar-refractivity contribution in [1.82, 2.24) is 5.32 Å². The van der Waals surface area contributed by atoms with Gasteiger partial charge in [-0.2, -0.15) is 18.4 Å². The van der Waals surface area contributed by atoms with Gasteiger partial charge in [-0.15, -0.1) is 0 Å². The van der Waals surface area contributed by atoms with Gasteiger partial charge in [-0.25, -0.2) is 0 Å². The number of amides is 1. The molecule has 1 aromatic rings. The summed E-state index contributed by atoms with van der Waals surface area (Å²) < 4.78 is 43.4. The zero-order valence-corrected chi connectivity index (χ0v) is 12.4. The summed E-state index contributed by atoms with van der Waals surface area (Å²) in [6, 6.07) is 7.74. The van der Waals surface area contributed by atoms with Gasteiger partial charge >= 0.3 is 6.18 Å². The molecule has 0 radical (unpaired) electrons. The van der Waals surface area contributed by atoms with E-state index in [1.165, 1.54) is 0 Å². The summed E-state index contributed by atoms with van der Waals surface area (Å²) in [6.45, 7) is -0.265. The number of carbonyl (C=O) groups is 1. The van der Waals surface area contributed by atoms with Gasteiger partial charge in [0.15, 0.2) is 6.61 Å². The summed E-state index contributed by atoms with van der Waals surface area (Å²) in [5.41, 5.74) is 0.474. The lowest BCUT2D eigenvalue weighted by Gasteiger charge is -2.30. The van der Waals surface area contributed by atoms with Crippen molar-refractivity contribution in [3.8, 4) is 11.8 Å². The van der Waals surface area contributed by atoms with Crippen molar-refractivity contribution >= 4 is 5.91 Å².